The maximum atomic E-state index is 11.3. The molecule has 0 bridgehead atoms. The van der Waals surface area contributed by atoms with Crippen molar-refractivity contribution in [1.29, 1.82) is 0 Å². The Morgan fingerprint density at radius 3 is 2.50 bits per heavy atom. The minimum absolute atomic E-state index is 0.186. The highest BCUT2D eigenvalue weighted by atomic mass is 35.5. The normalized spacial score (nSPS) is 12.4. The van der Waals surface area contributed by atoms with Gasteiger partial charge in [-0.3, -0.25) is 0 Å². The lowest BCUT2D eigenvalue weighted by molar-refractivity contribution is 0.348. The monoisotopic (exact) mass is 262 g/mol. The summed E-state index contributed by atoms with van der Waals surface area (Å²) in [4.78, 5) is 0. The summed E-state index contributed by atoms with van der Waals surface area (Å²) in [5.41, 5.74) is 0.815. The molecule has 0 heterocycles. The Morgan fingerprint density at radius 2 is 2.06 bits per heavy atom. The van der Waals surface area contributed by atoms with Gasteiger partial charge in [-0.2, -0.15) is 12.7 Å². The van der Waals surface area contributed by atoms with Crippen molar-refractivity contribution in [3.8, 4) is 0 Å². The molecule has 0 aliphatic heterocycles. The van der Waals surface area contributed by atoms with E-state index < -0.39 is 10.2 Å². The zero-order valence-corrected chi connectivity index (χ0v) is 10.8. The van der Waals surface area contributed by atoms with Crippen LogP contribution < -0.4 is 5.14 Å². The highest BCUT2D eigenvalue weighted by Gasteiger charge is 2.20. The van der Waals surface area contributed by atoms with Crippen molar-refractivity contribution in [3.05, 3.63) is 34.9 Å². The highest BCUT2D eigenvalue weighted by molar-refractivity contribution is 7.86. The summed E-state index contributed by atoms with van der Waals surface area (Å²) in [5, 5.41) is 5.71. The van der Waals surface area contributed by atoms with Crippen LogP contribution in [0, 0.1) is 0 Å². The van der Waals surface area contributed by atoms with Crippen molar-refractivity contribution in [2.45, 2.75) is 26.4 Å². The Morgan fingerprint density at radius 1 is 1.44 bits per heavy atom. The van der Waals surface area contributed by atoms with Gasteiger partial charge in [0.05, 0.1) is 0 Å². The number of nitrogens with two attached hydrogens (primary N) is 1. The molecule has 16 heavy (non-hydrogen) atoms. The maximum Gasteiger partial charge on any atom is 0.277 e. The molecule has 0 aliphatic carbocycles. The fraction of sp³-hybridized carbons (Fsp3) is 0.400. The van der Waals surface area contributed by atoms with E-state index in [2.05, 4.69) is 0 Å². The molecule has 0 spiro atoms. The van der Waals surface area contributed by atoms with Gasteiger partial charge in [0.25, 0.3) is 10.2 Å². The van der Waals surface area contributed by atoms with E-state index in [1.807, 2.05) is 6.07 Å². The number of benzene rings is 1. The van der Waals surface area contributed by atoms with Crippen LogP contribution in [0.5, 0.6) is 0 Å². The molecule has 0 amide bonds. The first kappa shape index (κ1) is 13.4. The summed E-state index contributed by atoms with van der Waals surface area (Å²) in [6, 6.07) is 6.87. The third-order valence-corrected chi connectivity index (χ3v) is 3.57. The van der Waals surface area contributed by atoms with Crippen LogP contribution >= 0.6 is 11.6 Å². The number of halogens is 1. The SMILES string of the molecule is CC(C)N(Cc1cccc(Cl)c1)S(N)(=O)=O. The summed E-state index contributed by atoms with van der Waals surface area (Å²) in [5.74, 6) is 0. The molecule has 90 valence electrons. The van der Waals surface area contributed by atoms with Gasteiger partial charge in [-0.25, -0.2) is 5.14 Å². The predicted molar refractivity (Wildman–Crippen MR) is 65.2 cm³/mol. The van der Waals surface area contributed by atoms with Gasteiger partial charge in [-0.05, 0) is 31.5 Å². The van der Waals surface area contributed by atoms with Gasteiger partial charge in [-0.15, -0.1) is 0 Å². The van der Waals surface area contributed by atoms with Gasteiger partial charge in [0.15, 0.2) is 0 Å². The molecular weight excluding hydrogens is 248 g/mol. The van der Waals surface area contributed by atoms with Crippen molar-refractivity contribution in [2.75, 3.05) is 0 Å². The smallest absolute Gasteiger partial charge is 0.216 e. The Labute approximate surface area is 101 Å². The van der Waals surface area contributed by atoms with Crippen molar-refractivity contribution in [2.24, 2.45) is 5.14 Å². The molecule has 0 unspecified atom stereocenters. The summed E-state index contributed by atoms with van der Waals surface area (Å²) in [6.45, 7) is 3.78. The standard InChI is InChI=1S/C10H15ClN2O2S/c1-8(2)13(16(12,14)15)7-9-4-3-5-10(11)6-9/h3-6,8H,7H2,1-2H3,(H2,12,14,15). The van der Waals surface area contributed by atoms with Crippen LogP contribution in [0.4, 0.5) is 0 Å². The molecule has 6 heteroatoms. The Hall–Kier alpha value is -0.620. The van der Waals surface area contributed by atoms with Gasteiger partial charge < -0.3 is 0 Å². The van der Waals surface area contributed by atoms with Gasteiger partial charge in [0.1, 0.15) is 0 Å². The second-order valence-corrected chi connectivity index (χ2v) is 5.75. The molecule has 1 rings (SSSR count). The molecule has 1 aromatic carbocycles. The lowest BCUT2D eigenvalue weighted by Crippen LogP contribution is -2.40. The minimum Gasteiger partial charge on any atom is -0.216 e. The van der Waals surface area contributed by atoms with Gasteiger partial charge >= 0.3 is 0 Å². The van der Waals surface area contributed by atoms with Crippen LogP contribution in [-0.4, -0.2) is 18.8 Å². The first-order valence-electron chi connectivity index (χ1n) is 4.84. The molecule has 4 nitrogen and oxygen atoms in total. The van der Waals surface area contributed by atoms with E-state index in [0.717, 1.165) is 5.56 Å². The van der Waals surface area contributed by atoms with Crippen molar-refractivity contribution >= 4 is 21.8 Å². The largest absolute Gasteiger partial charge is 0.277 e. The van der Waals surface area contributed by atoms with Crippen LogP contribution in [0.25, 0.3) is 0 Å². The van der Waals surface area contributed by atoms with Crippen LogP contribution in [-0.2, 0) is 16.8 Å². The third kappa shape index (κ3) is 3.75. The molecule has 0 aromatic heterocycles. The van der Waals surface area contributed by atoms with Crippen LogP contribution in [0.3, 0.4) is 0 Å². The Bertz CT molecular complexity index is 460. The van der Waals surface area contributed by atoms with E-state index in [9.17, 15) is 8.42 Å². The van der Waals surface area contributed by atoms with E-state index in [0.29, 0.717) is 5.02 Å². The quantitative estimate of drug-likeness (QED) is 0.899. The van der Waals surface area contributed by atoms with Crippen LogP contribution in [0.2, 0.25) is 5.02 Å². The Balaban J connectivity index is 2.93. The first-order chi connectivity index (χ1) is 7.30. The van der Waals surface area contributed by atoms with E-state index in [1.54, 1.807) is 32.0 Å². The number of nitrogens with zero attached hydrogens (tertiary/aromatic N) is 1. The van der Waals surface area contributed by atoms with Crippen molar-refractivity contribution in [3.63, 3.8) is 0 Å². The molecular formula is C10H15ClN2O2S. The van der Waals surface area contributed by atoms with Crippen molar-refractivity contribution in [1.82, 2.24) is 4.31 Å². The lowest BCUT2D eigenvalue weighted by Gasteiger charge is -2.23. The average molecular weight is 263 g/mol. The number of hydrogen-bond donors (Lipinski definition) is 1. The van der Waals surface area contributed by atoms with Gasteiger partial charge in [0.2, 0.25) is 0 Å². The summed E-state index contributed by atoms with van der Waals surface area (Å²) in [7, 11) is -3.68. The number of rotatable bonds is 4. The molecule has 0 atom stereocenters. The van der Waals surface area contributed by atoms with E-state index >= 15 is 0 Å². The van der Waals surface area contributed by atoms with E-state index in [4.69, 9.17) is 16.7 Å². The van der Waals surface area contributed by atoms with Gasteiger partial charge in [-0.1, -0.05) is 23.7 Å². The predicted octanol–water partition coefficient (Wildman–Crippen LogP) is 1.75. The first-order valence-corrected chi connectivity index (χ1v) is 6.73. The fourth-order valence-corrected chi connectivity index (χ4v) is 2.51. The molecule has 0 aliphatic rings. The molecule has 0 saturated carbocycles. The zero-order chi connectivity index (χ0) is 12.3. The minimum atomic E-state index is -3.68. The van der Waals surface area contributed by atoms with E-state index in [-0.39, 0.29) is 12.6 Å². The third-order valence-electron chi connectivity index (χ3n) is 2.13. The molecule has 2 N–H and O–H groups in total. The van der Waals surface area contributed by atoms with E-state index in [1.165, 1.54) is 4.31 Å². The Kier molecular flexibility index (Phi) is 4.32. The number of hydrogen-bond acceptors (Lipinski definition) is 2. The summed E-state index contributed by atoms with van der Waals surface area (Å²) >= 11 is 5.82. The molecule has 0 fully saturated rings. The van der Waals surface area contributed by atoms with Crippen LogP contribution in [0.1, 0.15) is 19.4 Å². The maximum absolute atomic E-state index is 11.3. The highest BCUT2D eigenvalue weighted by Crippen LogP contribution is 2.15. The zero-order valence-electron chi connectivity index (χ0n) is 9.22. The fourth-order valence-electron chi connectivity index (χ4n) is 1.38. The van der Waals surface area contributed by atoms with Gasteiger partial charge in [0, 0.05) is 17.6 Å². The molecule has 0 radical (unpaired) electrons. The van der Waals surface area contributed by atoms with Crippen LogP contribution in [0.15, 0.2) is 24.3 Å². The summed E-state index contributed by atoms with van der Waals surface area (Å²) < 4.78 is 23.9. The molecule has 0 saturated heterocycles. The summed E-state index contributed by atoms with van der Waals surface area (Å²) in [6.07, 6.45) is 0. The average Bonchev–Trinajstić information content (AvgIpc) is 2.12. The molecule has 1 aromatic rings. The second-order valence-electron chi connectivity index (χ2n) is 3.81. The second kappa shape index (κ2) is 5.14. The lowest BCUT2D eigenvalue weighted by atomic mass is 10.2. The van der Waals surface area contributed by atoms with Crippen molar-refractivity contribution < 1.29 is 8.42 Å². The topological polar surface area (TPSA) is 63.4 Å².